The third-order valence-electron chi connectivity index (χ3n) is 28.2. The highest BCUT2D eigenvalue weighted by molar-refractivity contribution is 7.01. The zero-order valence-corrected chi connectivity index (χ0v) is 68.5. The summed E-state index contributed by atoms with van der Waals surface area (Å²) >= 11 is 0. The van der Waals surface area contributed by atoms with Crippen molar-refractivity contribution in [3.8, 4) is 92.0 Å². The van der Waals surface area contributed by atoms with Crippen LogP contribution < -0.4 is 103 Å². The summed E-state index contributed by atoms with van der Waals surface area (Å²) in [4.78, 5) is 0. The minimum Gasteiger partial charge on any atom is -0.458 e. The first kappa shape index (κ1) is 70.0. The highest BCUT2D eigenvalue weighted by Crippen LogP contribution is 2.49. The number of rotatable bonds is 0. The van der Waals surface area contributed by atoms with Crippen molar-refractivity contribution in [3.63, 3.8) is 0 Å². The quantitative estimate of drug-likeness (QED) is 0.110. The zero-order chi connectivity index (χ0) is 83.2. The molecule has 24 aromatic rings. The Hall–Kier alpha value is -16.4. The average molecular weight is 1630 g/mol. The summed E-state index contributed by atoms with van der Waals surface area (Å²) in [7, 11) is 0. The lowest BCUT2D eigenvalue weighted by Gasteiger charge is -2.34. The van der Waals surface area contributed by atoms with Gasteiger partial charge in [-0.05, 0) is 248 Å². The predicted molar refractivity (Wildman–Crippen MR) is 529 cm³/mol. The molecule has 8 aliphatic heterocycles. The molecular formula is C116H64B4O8. The van der Waals surface area contributed by atoms with Crippen molar-refractivity contribution in [2.45, 2.75) is 0 Å². The van der Waals surface area contributed by atoms with Gasteiger partial charge in [0.1, 0.15) is 92.0 Å². The van der Waals surface area contributed by atoms with E-state index in [0.29, 0.717) is 0 Å². The molecular weight excluding hydrogens is 1560 g/mol. The fourth-order valence-electron chi connectivity index (χ4n) is 22.9. The van der Waals surface area contributed by atoms with Crippen LogP contribution >= 0.6 is 0 Å². The number of hydrogen-bond donors (Lipinski definition) is 0. The van der Waals surface area contributed by atoms with Crippen LogP contribution in [0.25, 0.3) is 129 Å². The van der Waals surface area contributed by atoms with Gasteiger partial charge in [0.05, 0.1) is 0 Å². The topological polar surface area (TPSA) is 73.8 Å². The SMILES string of the molecule is c1ccc2c(c1)Oc1cccc3c1B2c1c(cc2ccc4cccc5ccc1c2c45)O3.c1ccc2c(c1)Oc1cccc3c1B2c1cc2c4ccccc4c4ccccc4c2cc1O3.c1ccc2c(c1)Oc1cccc3c1B2c1cc2ccc4cccc5ccc(c1O3)c2c45.c1ccc2c(c1)Oc1cccc3c1B2c1ccc2c4ccccc4c4ccccc4c2c1O3. The Morgan fingerprint density at radius 1 is 0.125 bits per heavy atom. The van der Waals surface area contributed by atoms with E-state index in [1.807, 2.05) is 72.8 Å². The van der Waals surface area contributed by atoms with E-state index < -0.39 is 0 Å². The highest BCUT2D eigenvalue weighted by atomic mass is 16.5. The molecule has 0 unspecified atom stereocenters. The lowest BCUT2D eigenvalue weighted by atomic mass is 9.34. The molecule has 0 spiro atoms. The first-order valence-electron chi connectivity index (χ1n) is 43.9. The molecule has 0 aromatic heterocycles. The standard InChI is InChI=1S/2C30H17BO2.2C28H15BO2/c1-3-10-20-18(8-1)19-9-2-4-11-21(19)23-17-29-25(16-22(20)23)31-24-12-5-6-13-26(24)32-27-14-7-15-28(33-29)30(27)31;1-2-10-20-18(8-1)19-9-3-4-11-21(19)28-22(20)16-17-24-30(28)33-27-15-7-14-26-29(27)31(24)23-12-5-6-13-25(23)32-26;1-2-8-22-20(7-1)29-21-15-18-12-11-16-5-3-6-17-13-14-19(26(18)25(16)17)28(21)31-24-10-4-9-23(30-22)27(24)29;1-2-8-21-20(7-1)29-27-19-14-13-17-6-3-5-16-11-12-18(26(19)25(16)17)15-24(27)31-23-10-4-9-22(30-21)28(23)29/h2*1-17H;2*1-15H. The molecule has 588 valence electrons. The molecule has 0 N–H and O–H groups in total. The molecule has 24 aromatic carbocycles. The van der Waals surface area contributed by atoms with Gasteiger partial charge in [0.25, 0.3) is 26.9 Å². The molecule has 0 aliphatic carbocycles. The van der Waals surface area contributed by atoms with Gasteiger partial charge in [-0.1, -0.05) is 297 Å². The molecule has 8 nitrogen and oxygen atoms in total. The number of fused-ring (bicyclic) bond motifs is 31. The molecule has 0 saturated carbocycles. The van der Waals surface area contributed by atoms with Gasteiger partial charge in [-0.25, -0.2) is 0 Å². The van der Waals surface area contributed by atoms with Gasteiger partial charge in [-0.3, -0.25) is 0 Å². The van der Waals surface area contributed by atoms with Crippen molar-refractivity contribution >= 4 is 222 Å². The number of benzene rings is 24. The molecule has 0 atom stereocenters. The van der Waals surface area contributed by atoms with E-state index in [9.17, 15) is 0 Å². The van der Waals surface area contributed by atoms with Gasteiger partial charge in [-0.2, -0.15) is 0 Å². The summed E-state index contributed by atoms with van der Waals surface area (Å²) < 4.78 is 51.5. The average Bonchev–Trinajstić information content (AvgIpc) is 0.711. The van der Waals surface area contributed by atoms with Crippen molar-refractivity contribution in [1.82, 2.24) is 0 Å². The van der Waals surface area contributed by atoms with Gasteiger partial charge in [0.2, 0.25) is 0 Å². The third-order valence-corrected chi connectivity index (χ3v) is 28.2. The largest absolute Gasteiger partial charge is 0.458 e. The monoisotopic (exact) mass is 1630 g/mol. The second-order valence-corrected chi connectivity index (χ2v) is 34.7. The van der Waals surface area contributed by atoms with Gasteiger partial charge in [0.15, 0.2) is 0 Å². The lowest BCUT2D eigenvalue weighted by Crippen LogP contribution is -2.57. The summed E-state index contributed by atoms with van der Waals surface area (Å²) in [5, 5.41) is 30.3. The summed E-state index contributed by atoms with van der Waals surface area (Å²) in [6, 6.07) is 137. The summed E-state index contributed by atoms with van der Waals surface area (Å²) in [5.41, 5.74) is 14.1. The van der Waals surface area contributed by atoms with Crippen LogP contribution in [0.2, 0.25) is 0 Å². The van der Waals surface area contributed by atoms with E-state index >= 15 is 0 Å². The third kappa shape index (κ3) is 9.94. The smallest absolute Gasteiger partial charge is 0.261 e. The van der Waals surface area contributed by atoms with E-state index in [-0.39, 0.29) is 26.9 Å². The fraction of sp³-hybridized carbons (Fsp3) is 0. The van der Waals surface area contributed by atoms with Crippen LogP contribution in [0.5, 0.6) is 92.0 Å². The number of ether oxygens (including phenoxy) is 8. The zero-order valence-electron chi connectivity index (χ0n) is 68.5. The van der Waals surface area contributed by atoms with E-state index in [2.05, 4.69) is 315 Å². The van der Waals surface area contributed by atoms with Crippen LogP contribution in [0.4, 0.5) is 0 Å². The molecule has 12 heteroatoms. The van der Waals surface area contributed by atoms with Crippen molar-refractivity contribution in [1.29, 1.82) is 0 Å². The summed E-state index contributed by atoms with van der Waals surface area (Å²) in [6.45, 7) is 0.352. The Labute approximate surface area is 734 Å². The Morgan fingerprint density at radius 3 is 0.914 bits per heavy atom. The van der Waals surface area contributed by atoms with Crippen LogP contribution in [-0.4, -0.2) is 26.9 Å². The predicted octanol–water partition coefficient (Wildman–Crippen LogP) is 22.4. The minimum atomic E-state index is 0.0829. The van der Waals surface area contributed by atoms with E-state index in [4.69, 9.17) is 37.9 Å². The van der Waals surface area contributed by atoms with Crippen LogP contribution in [0.3, 0.4) is 0 Å². The first-order valence-corrected chi connectivity index (χ1v) is 43.9. The van der Waals surface area contributed by atoms with Gasteiger partial charge >= 0.3 is 0 Å². The number of para-hydroxylation sites is 4. The molecule has 8 heterocycles. The van der Waals surface area contributed by atoms with Crippen LogP contribution in [0.1, 0.15) is 0 Å². The van der Waals surface area contributed by atoms with E-state index in [1.165, 1.54) is 173 Å². The highest BCUT2D eigenvalue weighted by Gasteiger charge is 2.46. The summed E-state index contributed by atoms with van der Waals surface area (Å²) in [6.07, 6.45) is 0. The van der Waals surface area contributed by atoms with Crippen LogP contribution in [-0.2, 0) is 0 Å². The maximum Gasteiger partial charge on any atom is 0.261 e. The molecule has 128 heavy (non-hydrogen) atoms. The van der Waals surface area contributed by atoms with E-state index in [0.717, 1.165) is 114 Å². The fourth-order valence-corrected chi connectivity index (χ4v) is 22.9. The lowest BCUT2D eigenvalue weighted by molar-refractivity contribution is 0.464. The normalized spacial score (nSPS) is 13.4. The van der Waals surface area contributed by atoms with Gasteiger partial charge in [-0.15, -0.1) is 0 Å². The second kappa shape index (κ2) is 26.6. The van der Waals surface area contributed by atoms with Gasteiger partial charge in [0, 0.05) is 38.0 Å². The second-order valence-electron chi connectivity index (χ2n) is 34.7. The molecule has 0 bridgehead atoms. The first-order chi connectivity index (χ1) is 63.5. The Kier molecular flexibility index (Phi) is 14.5. The Balaban J connectivity index is 0.0000000845. The van der Waals surface area contributed by atoms with E-state index in [1.54, 1.807) is 0 Å². The minimum absolute atomic E-state index is 0.0829. The molecule has 0 amide bonds. The van der Waals surface area contributed by atoms with Crippen molar-refractivity contribution in [2.24, 2.45) is 0 Å². The molecule has 32 rings (SSSR count). The molecule has 0 saturated heterocycles. The summed E-state index contributed by atoms with van der Waals surface area (Å²) in [5.74, 6) is 14.6. The van der Waals surface area contributed by atoms with Crippen molar-refractivity contribution < 1.29 is 37.9 Å². The Bertz CT molecular complexity index is 8880. The van der Waals surface area contributed by atoms with Crippen LogP contribution in [0.15, 0.2) is 388 Å². The van der Waals surface area contributed by atoms with Crippen molar-refractivity contribution in [2.75, 3.05) is 0 Å². The Morgan fingerprint density at radius 2 is 0.430 bits per heavy atom. The molecule has 0 fully saturated rings. The van der Waals surface area contributed by atoms with Crippen LogP contribution in [0, 0.1) is 0 Å². The maximum atomic E-state index is 6.73. The van der Waals surface area contributed by atoms with Gasteiger partial charge < -0.3 is 37.9 Å². The van der Waals surface area contributed by atoms with Crippen molar-refractivity contribution in [3.05, 3.63) is 388 Å². The molecule has 0 radical (unpaired) electrons. The molecule has 8 aliphatic rings. The maximum absolute atomic E-state index is 6.73. The number of hydrogen-bond acceptors (Lipinski definition) is 8.